The van der Waals surface area contributed by atoms with Crippen molar-refractivity contribution < 1.29 is 22.7 Å². The molecule has 2 saturated heterocycles. The number of anilines is 1. The Morgan fingerprint density at radius 2 is 2.04 bits per heavy atom. The van der Waals surface area contributed by atoms with Gasteiger partial charge in [-0.25, -0.2) is 8.42 Å². The number of carbonyl (C=O) groups excluding carboxylic acids is 2. The molecule has 1 N–H and O–H groups in total. The van der Waals surface area contributed by atoms with Crippen molar-refractivity contribution in [3.63, 3.8) is 0 Å². The number of likely N-dealkylation sites (N-methyl/N-ethyl adjacent to an activating group) is 1. The molecule has 2 atom stereocenters. The standard InChI is InChI=1S/C17H21N3O5S/c1-2-19-5-6-20(14-10-26(23,24)9-13(14)19)17(22)11-3-4-12-15(7-11)25-8-16(21)18-12/h3-4,7,13-14H,2,5-6,8-10H2,1H3,(H,18,21)/t13-,14+/m0/s1. The van der Waals surface area contributed by atoms with Crippen LogP contribution in [-0.2, 0) is 14.6 Å². The fourth-order valence-electron chi connectivity index (χ4n) is 4.04. The monoisotopic (exact) mass is 379 g/mol. The molecule has 0 unspecified atom stereocenters. The SMILES string of the molecule is CCN1CCN(C(=O)c2ccc3c(c2)OCC(=O)N3)[C@@H]2CS(=O)(=O)C[C@@H]21. The summed E-state index contributed by atoms with van der Waals surface area (Å²) >= 11 is 0. The molecule has 0 saturated carbocycles. The number of ether oxygens (including phenoxy) is 1. The lowest BCUT2D eigenvalue weighted by Crippen LogP contribution is -2.60. The first-order chi connectivity index (χ1) is 12.4. The van der Waals surface area contributed by atoms with E-state index in [2.05, 4.69) is 10.2 Å². The van der Waals surface area contributed by atoms with E-state index in [1.807, 2.05) is 6.92 Å². The number of carbonyl (C=O) groups is 2. The van der Waals surface area contributed by atoms with Crippen LogP contribution in [0.4, 0.5) is 5.69 Å². The number of rotatable bonds is 2. The number of benzene rings is 1. The molecule has 1 aromatic carbocycles. The van der Waals surface area contributed by atoms with Gasteiger partial charge in [0.15, 0.2) is 16.4 Å². The molecule has 0 radical (unpaired) electrons. The molecule has 4 rings (SSSR count). The first-order valence-electron chi connectivity index (χ1n) is 8.70. The minimum atomic E-state index is -3.15. The predicted octanol–water partition coefficient (Wildman–Crippen LogP) is -0.0392. The quantitative estimate of drug-likeness (QED) is 0.775. The van der Waals surface area contributed by atoms with E-state index in [1.165, 1.54) is 0 Å². The van der Waals surface area contributed by atoms with E-state index in [4.69, 9.17) is 4.74 Å². The molecule has 3 aliphatic rings. The molecule has 140 valence electrons. The summed E-state index contributed by atoms with van der Waals surface area (Å²) in [5, 5.41) is 2.69. The molecule has 1 aromatic rings. The van der Waals surface area contributed by atoms with Crippen LogP contribution in [-0.4, -0.2) is 79.9 Å². The number of sulfone groups is 1. The van der Waals surface area contributed by atoms with E-state index >= 15 is 0 Å². The Kier molecular flexibility index (Phi) is 4.15. The summed E-state index contributed by atoms with van der Waals surface area (Å²) in [6, 6.07) is 4.43. The third-order valence-electron chi connectivity index (χ3n) is 5.32. The predicted molar refractivity (Wildman–Crippen MR) is 95.1 cm³/mol. The van der Waals surface area contributed by atoms with E-state index in [1.54, 1.807) is 23.1 Å². The lowest BCUT2D eigenvalue weighted by atomic mass is 10.0. The van der Waals surface area contributed by atoms with Gasteiger partial charge in [-0.1, -0.05) is 6.92 Å². The second-order valence-electron chi connectivity index (χ2n) is 6.89. The molecule has 0 bridgehead atoms. The number of piperazine rings is 1. The summed E-state index contributed by atoms with van der Waals surface area (Å²) < 4.78 is 29.7. The van der Waals surface area contributed by atoms with Crippen LogP contribution in [0.15, 0.2) is 18.2 Å². The Labute approximate surface area is 152 Å². The Morgan fingerprint density at radius 3 is 2.81 bits per heavy atom. The molecule has 0 aromatic heterocycles. The van der Waals surface area contributed by atoms with Crippen LogP contribution in [0.25, 0.3) is 0 Å². The summed E-state index contributed by atoms with van der Waals surface area (Å²) in [5.41, 5.74) is 0.975. The van der Waals surface area contributed by atoms with Crippen LogP contribution >= 0.6 is 0 Å². The van der Waals surface area contributed by atoms with Crippen molar-refractivity contribution in [1.82, 2.24) is 9.80 Å². The molecule has 2 amide bonds. The maximum absolute atomic E-state index is 13.1. The molecule has 26 heavy (non-hydrogen) atoms. The van der Waals surface area contributed by atoms with Gasteiger partial charge in [-0.05, 0) is 24.7 Å². The summed E-state index contributed by atoms with van der Waals surface area (Å²) in [4.78, 5) is 28.3. The number of hydrogen-bond acceptors (Lipinski definition) is 6. The topological polar surface area (TPSA) is 96.0 Å². The van der Waals surface area contributed by atoms with Gasteiger partial charge in [0.1, 0.15) is 5.75 Å². The van der Waals surface area contributed by atoms with E-state index < -0.39 is 9.84 Å². The van der Waals surface area contributed by atoms with Crippen LogP contribution < -0.4 is 10.1 Å². The van der Waals surface area contributed by atoms with Gasteiger partial charge >= 0.3 is 0 Å². The van der Waals surface area contributed by atoms with Crippen LogP contribution in [0, 0.1) is 0 Å². The fourth-order valence-corrected chi connectivity index (χ4v) is 6.05. The van der Waals surface area contributed by atoms with Crippen molar-refractivity contribution in [1.29, 1.82) is 0 Å². The summed E-state index contributed by atoms with van der Waals surface area (Å²) in [6.07, 6.45) is 0. The number of hydrogen-bond donors (Lipinski definition) is 1. The van der Waals surface area contributed by atoms with Gasteiger partial charge in [0.25, 0.3) is 11.8 Å². The van der Waals surface area contributed by atoms with Crippen LogP contribution in [0.5, 0.6) is 5.75 Å². The van der Waals surface area contributed by atoms with Crippen molar-refractivity contribution in [3.05, 3.63) is 23.8 Å². The summed E-state index contributed by atoms with van der Waals surface area (Å²) in [7, 11) is -3.15. The Bertz CT molecular complexity index is 869. The van der Waals surface area contributed by atoms with Crippen LogP contribution in [0.1, 0.15) is 17.3 Å². The summed E-state index contributed by atoms with van der Waals surface area (Å²) in [5.74, 6) is 0.145. The minimum absolute atomic E-state index is 0.0113. The highest BCUT2D eigenvalue weighted by atomic mass is 32.2. The lowest BCUT2D eigenvalue weighted by Gasteiger charge is -2.43. The van der Waals surface area contributed by atoms with Crippen molar-refractivity contribution >= 4 is 27.3 Å². The van der Waals surface area contributed by atoms with Crippen molar-refractivity contribution in [3.8, 4) is 5.75 Å². The van der Waals surface area contributed by atoms with E-state index in [-0.39, 0.29) is 42.0 Å². The number of nitrogens with zero attached hydrogens (tertiary/aromatic N) is 2. The average Bonchev–Trinajstić information content (AvgIpc) is 2.94. The lowest BCUT2D eigenvalue weighted by molar-refractivity contribution is -0.118. The molecule has 9 heteroatoms. The molecular weight excluding hydrogens is 358 g/mol. The second-order valence-corrected chi connectivity index (χ2v) is 9.04. The highest BCUT2D eigenvalue weighted by Crippen LogP contribution is 2.31. The second kappa shape index (κ2) is 6.24. The average molecular weight is 379 g/mol. The van der Waals surface area contributed by atoms with Crippen molar-refractivity contribution in [2.45, 2.75) is 19.0 Å². The Morgan fingerprint density at radius 1 is 1.27 bits per heavy atom. The molecule has 2 fully saturated rings. The van der Waals surface area contributed by atoms with Gasteiger partial charge in [-0.2, -0.15) is 0 Å². The highest BCUT2D eigenvalue weighted by Gasteiger charge is 2.47. The third-order valence-corrected chi connectivity index (χ3v) is 7.02. The smallest absolute Gasteiger partial charge is 0.262 e. The van der Waals surface area contributed by atoms with Crippen molar-refractivity contribution in [2.75, 3.05) is 43.1 Å². The number of fused-ring (bicyclic) bond motifs is 2. The van der Waals surface area contributed by atoms with Gasteiger partial charge in [0.2, 0.25) is 0 Å². The summed E-state index contributed by atoms with van der Waals surface area (Å²) in [6.45, 7) is 3.86. The van der Waals surface area contributed by atoms with Gasteiger partial charge < -0.3 is 15.0 Å². The zero-order valence-corrected chi connectivity index (χ0v) is 15.3. The van der Waals surface area contributed by atoms with Gasteiger partial charge in [0.05, 0.1) is 23.2 Å². The van der Waals surface area contributed by atoms with E-state index in [0.29, 0.717) is 30.1 Å². The van der Waals surface area contributed by atoms with Gasteiger partial charge in [-0.15, -0.1) is 0 Å². The zero-order chi connectivity index (χ0) is 18.5. The third kappa shape index (κ3) is 2.95. The molecule has 3 heterocycles. The molecule has 0 spiro atoms. The first-order valence-corrected chi connectivity index (χ1v) is 10.5. The fraction of sp³-hybridized carbons (Fsp3) is 0.529. The minimum Gasteiger partial charge on any atom is -0.482 e. The van der Waals surface area contributed by atoms with Crippen LogP contribution in [0.2, 0.25) is 0 Å². The molecular formula is C17H21N3O5S. The first kappa shape index (κ1) is 17.3. The Balaban J connectivity index is 1.61. The van der Waals surface area contributed by atoms with Gasteiger partial charge in [0, 0.05) is 24.7 Å². The van der Waals surface area contributed by atoms with E-state index in [9.17, 15) is 18.0 Å². The van der Waals surface area contributed by atoms with E-state index in [0.717, 1.165) is 6.54 Å². The van der Waals surface area contributed by atoms with Gasteiger partial charge in [-0.3, -0.25) is 14.5 Å². The van der Waals surface area contributed by atoms with Crippen LogP contribution in [0.3, 0.4) is 0 Å². The number of amides is 2. The highest BCUT2D eigenvalue weighted by molar-refractivity contribution is 7.91. The molecule has 8 nitrogen and oxygen atoms in total. The normalized spacial score (nSPS) is 27.3. The van der Waals surface area contributed by atoms with Crippen molar-refractivity contribution in [2.24, 2.45) is 0 Å². The Hall–Kier alpha value is -2.13. The largest absolute Gasteiger partial charge is 0.482 e. The molecule has 3 aliphatic heterocycles. The maximum Gasteiger partial charge on any atom is 0.262 e. The molecule has 0 aliphatic carbocycles. The maximum atomic E-state index is 13.1. The number of nitrogens with one attached hydrogen (secondary N) is 1. The zero-order valence-electron chi connectivity index (χ0n) is 14.5.